The highest BCUT2D eigenvalue weighted by Gasteiger charge is 2.29. The van der Waals surface area contributed by atoms with Gasteiger partial charge in [0.05, 0.1) is 6.04 Å². The minimum absolute atomic E-state index is 0.189. The molecule has 4 heteroatoms. The molecule has 1 aromatic rings. The molecule has 15 heavy (non-hydrogen) atoms. The Kier molecular flexibility index (Phi) is 2.82. The quantitative estimate of drug-likeness (QED) is 0.594. The molecule has 1 aliphatic carbocycles. The van der Waals surface area contributed by atoms with Crippen LogP contribution in [0.5, 0.6) is 0 Å². The zero-order valence-corrected chi connectivity index (χ0v) is 9.11. The first-order valence-electron chi connectivity index (χ1n) is 4.99. The Hall–Kier alpha value is -1.22. The zero-order chi connectivity index (χ0) is 10.8. The van der Waals surface area contributed by atoms with E-state index in [-0.39, 0.29) is 5.96 Å². The van der Waals surface area contributed by atoms with E-state index in [0.717, 1.165) is 17.9 Å². The van der Waals surface area contributed by atoms with Crippen LogP contribution in [0.2, 0.25) is 5.02 Å². The highest BCUT2D eigenvalue weighted by atomic mass is 35.5. The highest BCUT2D eigenvalue weighted by molar-refractivity contribution is 6.30. The third-order valence-electron chi connectivity index (χ3n) is 2.79. The van der Waals surface area contributed by atoms with Crippen LogP contribution in [0.3, 0.4) is 0 Å². The molecule has 0 bridgehead atoms. The van der Waals surface area contributed by atoms with Crippen LogP contribution in [-0.2, 0) is 0 Å². The molecule has 0 atom stereocenters. The molecule has 0 saturated heterocycles. The number of nitrogens with two attached hydrogens (primary N) is 2. The minimum atomic E-state index is 0.189. The van der Waals surface area contributed by atoms with Gasteiger partial charge in [0.25, 0.3) is 0 Å². The van der Waals surface area contributed by atoms with E-state index >= 15 is 0 Å². The average molecular weight is 224 g/mol. The van der Waals surface area contributed by atoms with Gasteiger partial charge >= 0.3 is 0 Å². The molecule has 0 spiro atoms. The Morgan fingerprint density at radius 1 is 1.20 bits per heavy atom. The van der Waals surface area contributed by atoms with Crippen molar-refractivity contribution in [2.75, 3.05) is 0 Å². The normalized spacial score (nSPS) is 24.3. The summed E-state index contributed by atoms with van der Waals surface area (Å²) in [6, 6.07) is 8.28. The molecule has 0 unspecified atom stereocenters. The monoisotopic (exact) mass is 223 g/mol. The number of hydrogen-bond donors (Lipinski definition) is 2. The minimum Gasteiger partial charge on any atom is -0.370 e. The number of halogens is 1. The standard InChI is InChI=1S/C11H14ClN3/c12-9-3-1-7(2-4-9)8-5-10(6-8)15-11(13)14/h1-4,8,10H,5-6H2,(H4,13,14,15). The Morgan fingerprint density at radius 3 is 2.33 bits per heavy atom. The van der Waals surface area contributed by atoms with Gasteiger partial charge in [0.1, 0.15) is 0 Å². The van der Waals surface area contributed by atoms with Gasteiger partial charge in [-0.3, -0.25) is 4.99 Å². The number of hydrogen-bond acceptors (Lipinski definition) is 1. The lowest BCUT2D eigenvalue weighted by Gasteiger charge is -2.32. The summed E-state index contributed by atoms with van der Waals surface area (Å²) in [4.78, 5) is 4.12. The first kappa shape index (κ1) is 10.3. The average Bonchev–Trinajstić information content (AvgIpc) is 2.12. The van der Waals surface area contributed by atoms with E-state index in [9.17, 15) is 0 Å². The zero-order valence-electron chi connectivity index (χ0n) is 8.36. The first-order chi connectivity index (χ1) is 7.15. The van der Waals surface area contributed by atoms with Gasteiger partial charge in [-0.05, 0) is 36.5 Å². The van der Waals surface area contributed by atoms with Gasteiger partial charge in [0.15, 0.2) is 5.96 Å². The summed E-state index contributed by atoms with van der Waals surface area (Å²) in [5.41, 5.74) is 12.0. The molecule has 0 aliphatic heterocycles. The Bertz CT molecular complexity index is 362. The molecule has 0 radical (unpaired) electrons. The van der Waals surface area contributed by atoms with E-state index < -0.39 is 0 Å². The molecule has 2 rings (SSSR count). The second-order valence-corrected chi connectivity index (χ2v) is 4.36. The van der Waals surface area contributed by atoms with E-state index in [1.165, 1.54) is 5.56 Å². The van der Waals surface area contributed by atoms with Crippen LogP contribution in [0.1, 0.15) is 24.3 Å². The maximum atomic E-state index is 5.82. The maximum Gasteiger partial charge on any atom is 0.186 e. The van der Waals surface area contributed by atoms with Crippen LogP contribution < -0.4 is 11.5 Å². The molecule has 0 amide bonds. The molecular formula is C11H14ClN3. The topological polar surface area (TPSA) is 64.4 Å². The van der Waals surface area contributed by atoms with Crippen molar-refractivity contribution in [3.05, 3.63) is 34.9 Å². The van der Waals surface area contributed by atoms with Gasteiger partial charge in [0.2, 0.25) is 0 Å². The Morgan fingerprint density at radius 2 is 1.80 bits per heavy atom. The van der Waals surface area contributed by atoms with Gasteiger partial charge in [-0.1, -0.05) is 23.7 Å². The van der Waals surface area contributed by atoms with E-state index in [1.807, 2.05) is 12.1 Å². The van der Waals surface area contributed by atoms with Crippen LogP contribution in [0.15, 0.2) is 29.3 Å². The molecule has 4 N–H and O–H groups in total. The largest absolute Gasteiger partial charge is 0.370 e. The van der Waals surface area contributed by atoms with Crippen LogP contribution in [0.25, 0.3) is 0 Å². The van der Waals surface area contributed by atoms with Crippen LogP contribution in [0.4, 0.5) is 0 Å². The predicted octanol–water partition coefficient (Wildman–Crippen LogP) is 1.86. The van der Waals surface area contributed by atoms with Gasteiger partial charge in [-0.15, -0.1) is 0 Å². The van der Waals surface area contributed by atoms with Crippen molar-refractivity contribution in [2.45, 2.75) is 24.8 Å². The highest BCUT2D eigenvalue weighted by Crippen LogP contribution is 2.38. The summed E-state index contributed by atoms with van der Waals surface area (Å²) in [6.07, 6.45) is 2.05. The Labute approximate surface area is 94.1 Å². The van der Waals surface area contributed by atoms with Crippen molar-refractivity contribution < 1.29 is 0 Å². The molecule has 1 saturated carbocycles. The summed E-state index contributed by atoms with van der Waals surface area (Å²) in [5, 5.41) is 0.777. The number of benzene rings is 1. The van der Waals surface area contributed by atoms with Crippen LogP contribution in [-0.4, -0.2) is 12.0 Å². The molecule has 1 fully saturated rings. The van der Waals surface area contributed by atoms with Crippen molar-refractivity contribution >= 4 is 17.6 Å². The van der Waals surface area contributed by atoms with Crippen molar-refractivity contribution in [2.24, 2.45) is 16.5 Å². The summed E-state index contributed by atoms with van der Waals surface area (Å²) >= 11 is 5.82. The molecule has 0 aromatic heterocycles. The van der Waals surface area contributed by atoms with Gasteiger partial charge in [-0.25, -0.2) is 0 Å². The number of aliphatic imine (C=N–C) groups is 1. The fraction of sp³-hybridized carbons (Fsp3) is 0.364. The van der Waals surface area contributed by atoms with Crippen LogP contribution >= 0.6 is 11.6 Å². The summed E-state index contributed by atoms with van der Waals surface area (Å²) in [5.74, 6) is 0.768. The van der Waals surface area contributed by atoms with E-state index in [1.54, 1.807) is 0 Å². The smallest absolute Gasteiger partial charge is 0.186 e. The number of rotatable bonds is 2. The van der Waals surface area contributed by atoms with E-state index in [0.29, 0.717) is 12.0 Å². The number of nitrogens with zero attached hydrogens (tertiary/aromatic N) is 1. The van der Waals surface area contributed by atoms with Crippen molar-refractivity contribution in [1.82, 2.24) is 0 Å². The van der Waals surface area contributed by atoms with E-state index in [4.69, 9.17) is 23.1 Å². The fourth-order valence-corrected chi connectivity index (χ4v) is 2.04. The lowest BCUT2D eigenvalue weighted by Crippen LogP contribution is -2.31. The molecular weight excluding hydrogens is 210 g/mol. The van der Waals surface area contributed by atoms with Crippen LogP contribution in [0, 0.1) is 0 Å². The summed E-state index contributed by atoms with van der Waals surface area (Å²) in [7, 11) is 0. The van der Waals surface area contributed by atoms with Crippen molar-refractivity contribution in [1.29, 1.82) is 0 Å². The lowest BCUT2D eigenvalue weighted by atomic mass is 9.76. The summed E-state index contributed by atoms with van der Waals surface area (Å²) in [6.45, 7) is 0. The van der Waals surface area contributed by atoms with Gasteiger partial charge in [0, 0.05) is 5.02 Å². The third kappa shape index (κ3) is 2.42. The van der Waals surface area contributed by atoms with Gasteiger partial charge < -0.3 is 11.5 Å². The molecule has 1 aromatic carbocycles. The fourth-order valence-electron chi connectivity index (χ4n) is 1.91. The molecule has 0 heterocycles. The van der Waals surface area contributed by atoms with Crippen molar-refractivity contribution in [3.8, 4) is 0 Å². The summed E-state index contributed by atoms with van der Waals surface area (Å²) < 4.78 is 0. The second-order valence-electron chi connectivity index (χ2n) is 3.93. The second kappa shape index (κ2) is 4.11. The maximum absolute atomic E-state index is 5.82. The molecule has 1 aliphatic rings. The molecule has 3 nitrogen and oxygen atoms in total. The van der Waals surface area contributed by atoms with Gasteiger partial charge in [-0.2, -0.15) is 0 Å². The third-order valence-corrected chi connectivity index (χ3v) is 3.04. The molecule has 80 valence electrons. The predicted molar refractivity (Wildman–Crippen MR) is 63.0 cm³/mol. The first-order valence-corrected chi connectivity index (χ1v) is 5.37. The number of guanidine groups is 1. The SMILES string of the molecule is NC(N)=NC1CC(c2ccc(Cl)cc2)C1. The Balaban J connectivity index is 1.94. The lowest BCUT2D eigenvalue weighted by molar-refractivity contribution is 0.353. The van der Waals surface area contributed by atoms with Crippen molar-refractivity contribution in [3.63, 3.8) is 0 Å². The van der Waals surface area contributed by atoms with E-state index in [2.05, 4.69) is 17.1 Å².